The van der Waals surface area contributed by atoms with Gasteiger partial charge in [-0.05, 0) is 42.2 Å². The standard InChI is InChI=1S/C21H24Cl2N4O/c1-14(18-9-8-17(22)11-19(18)23)26-21(24)25-12-15-4-6-16(7-5-15)13-27-10-2-3-20(27)28/h4-9,11,14H,2-3,10,12-13H2,1H3,(H3,24,25,26). The van der Waals surface area contributed by atoms with Gasteiger partial charge in [-0.15, -0.1) is 0 Å². The second kappa shape index (κ2) is 9.30. The number of amides is 1. The van der Waals surface area contributed by atoms with Gasteiger partial charge in [-0.3, -0.25) is 4.79 Å². The molecule has 0 aliphatic carbocycles. The van der Waals surface area contributed by atoms with Gasteiger partial charge in [0.2, 0.25) is 5.91 Å². The third-order valence-electron chi connectivity index (χ3n) is 4.79. The number of carbonyl (C=O) groups excluding carboxylic acids is 1. The molecule has 0 spiro atoms. The van der Waals surface area contributed by atoms with Crippen LogP contribution in [0, 0.1) is 0 Å². The van der Waals surface area contributed by atoms with E-state index in [2.05, 4.69) is 10.3 Å². The molecule has 1 heterocycles. The maximum atomic E-state index is 11.7. The van der Waals surface area contributed by atoms with E-state index in [1.54, 1.807) is 12.1 Å². The third kappa shape index (κ3) is 5.40. The summed E-state index contributed by atoms with van der Waals surface area (Å²) in [6.07, 6.45) is 1.62. The van der Waals surface area contributed by atoms with Crippen LogP contribution in [0.2, 0.25) is 10.0 Å². The normalized spacial score (nSPS) is 15.8. The van der Waals surface area contributed by atoms with E-state index in [0.717, 1.165) is 29.7 Å². The molecule has 1 aliphatic heterocycles. The summed E-state index contributed by atoms with van der Waals surface area (Å²) in [5, 5.41) is 4.33. The van der Waals surface area contributed by atoms with Gasteiger partial charge in [-0.1, -0.05) is 53.5 Å². The number of aliphatic imine (C=N–C) groups is 1. The van der Waals surface area contributed by atoms with Crippen LogP contribution in [0.5, 0.6) is 0 Å². The first kappa shape index (κ1) is 20.5. The summed E-state index contributed by atoms with van der Waals surface area (Å²) < 4.78 is 0. The molecule has 3 N–H and O–H groups in total. The molecule has 148 valence electrons. The number of hydrogen-bond donors (Lipinski definition) is 2. The fourth-order valence-electron chi connectivity index (χ4n) is 3.22. The van der Waals surface area contributed by atoms with Gasteiger partial charge < -0.3 is 16.0 Å². The molecule has 28 heavy (non-hydrogen) atoms. The minimum Gasteiger partial charge on any atom is -0.370 e. The summed E-state index contributed by atoms with van der Waals surface area (Å²) >= 11 is 12.2. The highest BCUT2D eigenvalue weighted by Gasteiger charge is 2.19. The lowest BCUT2D eigenvalue weighted by Gasteiger charge is -2.17. The molecule has 1 saturated heterocycles. The van der Waals surface area contributed by atoms with Crippen LogP contribution in [-0.2, 0) is 17.9 Å². The van der Waals surface area contributed by atoms with Crippen LogP contribution < -0.4 is 11.1 Å². The molecule has 1 unspecified atom stereocenters. The first-order chi connectivity index (χ1) is 13.4. The average molecular weight is 419 g/mol. The van der Waals surface area contributed by atoms with Crippen molar-refractivity contribution in [3.63, 3.8) is 0 Å². The zero-order valence-electron chi connectivity index (χ0n) is 15.8. The molecule has 0 aromatic heterocycles. The maximum absolute atomic E-state index is 11.7. The van der Waals surface area contributed by atoms with Crippen LogP contribution in [0.15, 0.2) is 47.5 Å². The molecular formula is C21H24Cl2N4O. The van der Waals surface area contributed by atoms with E-state index in [0.29, 0.717) is 35.5 Å². The molecule has 1 fully saturated rings. The lowest BCUT2D eigenvalue weighted by Crippen LogP contribution is -2.34. The van der Waals surface area contributed by atoms with Crippen LogP contribution in [-0.4, -0.2) is 23.3 Å². The monoisotopic (exact) mass is 418 g/mol. The lowest BCUT2D eigenvalue weighted by atomic mass is 10.1. The van der Waals surface area contributed by atoms with E-state index >= 15 is 0 Å². The molecule has 3 rings (SSSR count). The number of likely N-dealkylation sites (tertiary alicyclic amines) is 1. The number of nitrogens with one attached hydrogen (secondary N) is 1. The summed E-state index contributed by atoms with van der Waals surface area (Å²) in [6.45, 7) is 3.96. The Morgan fingerprint density at radius 1 is 1.21 bits per heavy atom. The largest absolute Gasteiger partial charge is 0.370 e. The number of benzene rings is 2. The van der Waals surface area contributed by atoms with Crippen LogP contribution in [0.4, 0.5) is 0 Å². The van der Waals surface area contributed by atoms with Crippen molar-refractivity contribution >= 4 is 35.1 Å². The maximum Gasteiger partial charge on any atom is 0.222 e. The van der Waals surface area contributed by atoms with Gasteiger partial charge in [0.15, 0.2) is 5.96 Å². The van der Waals surface area contributed by atoms with Crippen LogP contribution in [0.3, 0.4) is 0 Å². The van der Waals surface area contributed by atoms with Crippen molar-refractivity contribution in [1.82, 2.24) is 10.2 Å². The van der Waals surface area contributed by atoms with Crippen molar-refractivity contribution < 1.29 is 4.79 Å². The highest BCUT2D eigenvalue weighted by Crippen LogP contribution is 2.26. The van der Waals surface area contributed by atoms with Gasteiger partial charge in [0, 0.05) is 29.6 Å². The van der Waals surface area contributed by atoms with Gasteiger partial charge in [0.05, 0.1) is 12.6 Å². The smallest absolute Gasteiger partial charge is 0.222 e. The van der Waals surface area contributed by atoms with E-state index in [4.69, 9.17) is 28.9 Å². The first-order valence-corrected chi connectivity index (χ1v) is 10.0. The summed E-state index contributed by atoms with van der Waals surface area (Å²) in [5.41, 5.74) is 9.11. The summed E-state index contributed by atoms with van der Waals surface area (Å²) in [6, 6.07) is 13.4. The van der Waals surface area contributed by atoms with E-state index in [1.165, 1.54) is 0 Å². The third-order valence-corrected chi connectivity index (χ3v) is 5.36. The van der Waals surface area contributed by atoms with Crippen LogP contribution in [0.1, 0.15) is 42.5 Å². The average Bonchev–Trinajstić information content (AvgIpc) is 3.05. The van der Waals surface area contributed by atoms with Crippen molar-refractivity contribution in [2.24, 2.45) is 10.7 Å². The fraction of sp³-hybridized carbons (Fsp3) is 0.333. The molecule has 7 heteroatoms. The van der Waals surface area contributed by atoms with E-state index in [1.807, 2.05) is 42.2 Å². The zero-order valence-corrected chi connectivity index (χ0v) is 17.3. The van der Waals surface area contributed by atoms with Gasteiger partial charge in [0.25, 0.3) is 0 Å². The summed E-state index contributed by atoms with van der Waals surface area (Å²) in [5.74, 6) is 0.590. The molecule has 0 saturated carbocycles. The highest BCUT2D eigenvalue weighted by atomic mass is 35.5. The number of carbonyl (C=O) groups is 1. The Hall–Kier alpha value is -2.24. The number of halogens is 2. The second-order valence-corrected chi connectivity index (χ2v) is 7.81. The number of nitrogens with zero attached hydrogens (tertiary/aromatic N) is 2. The Morgan fingerprint density at radius 2 is 1.93 bits per heavy atom. The van der Waals surface area contributed by atoms with Gasteiger partial charge in [-0.25, -0.2) is 4.99 Å². The Balaban J connectivity index is 1.54. The minimum atomic E-state index is -0.0890. The van der Waals surface area contributed by atoms with Crippen molar-refractivity contribution in [1.29, 1.82) is 0 Å². The summed E-state index contributed by atoms with van der Waals surface area (Å²) in [7, 11) is 0. The number of nitrogens with two attached hydrogens (primary N) is 1. The SMILES string of the molecule is CC(NC(N)=NCc1ccc(CN2CCCC2=O)cc1)c1ccc(Cl)cc1Cl. The molecule has 1 atom stereocenters. The predicted molar refractivity (Wildman–Crippen MR) is 114 cm³/mol. The van der Waals surface area contributed by atoms with Crippen molar-refractivity contribution in [3.05, 3.63) is 69.2 Å². The number of guanidine groups is 1. The molecular weight excluding hydrogens is 395 g/mol. The fourth-order valence-corrected chi connectivity index (χ4v) is 3.79. The minimum absolute atomic E-state index is 0.0890. The topological polar surface area (TPSA) is 70.7 Å². The van der Waals surface area contributed by atoms with Crippen LogP contribution in [0.25, 0.3) is 0 Å². The summed E-state index contributed by atoms with van der Waals surface area (Å²) in [4.78, 5) is 18.0. The lowest BCUT2D eigenvalue weighted by molar-refractivity contribution is -0.128. The molecule has 5 nitrogen and oxygen atoms in total. The quantitative estimate of drug-likeness (QED) is 0.542. The molecule has 1 amide bonds. The van der Waals surface area contributed by atoms with Crippen molar-refractivity contribution in [2.75, 3.05) is 6.54 Å². The Kier molecular flexibility index (Phi) is 6.81. The first-order valence-electron chi connectivity index (χ1n) is 9.29. The van der Waals surface area contributed by atoms with E-state index < -0.39 is 0 Å². The molecule has 2 aromatic carbocycles. The van der Waals surface area contributed by atoms with Crippen molar-refractivity contribution in [2.45, 2.75) is 38.9 Å². The van der Waals surface area contributed by atoms with Gasteiger partial charge in [0.1, 0.15) is 0 Å². The van der Waals surface area contributed by atoms with E-state index in [9.17, 15) is 4.79 Å². The van der Waals surface area contributed by atoms with E-state index in [-0.39, 0.29) is 11.9 Å². The van der Waals surface area contributed by atoms with Gasteiger partial charge in [-0.2, -0.15) is 0 Å². The highest BCUT2D eigenvalue weighted by molar-refractivity contribution is 6.35. The Bertz CT molecular complexity index is 867. The molecule has 1 aliphatic rings. The molecule has 0 bridgehead atoms. The number of rotatable bonds is 6. The molecule has 2 aromatic rings. The van der Waals surface area contributed by atoms with Crippen LogP contribution >= 0.6 is 23.2 Å². The Labute approximate surface area is 175 Å². The predicted octanol–water partition coefficient (Wildman–Crippen LogP) is 4.28. The molecule has 0 radical (unpaired) electrons. The van der Waals surface area contributed by atoms with Gasteiger partial charge >= 0.3 is 0 Å². The Morgan fingerprint density at radius 3 is 2.57 bits per heavy atom. The number of hydrogen-bond acceptors (Lipinski definition) is 2. The zero-order chi connectivity index (χ0) is 20.1. The second-order valence-electron chi connectivity index (χ2n) is 6.97. The van der Waals surface area contributed by atoms with Crippen molar-refractivity contribution in [3.8, 4) is 0 Å².